The van der Waals surface area contributed by atoms with Crippen molar-refractivity contribution in [1.29, 1.82) is 5.26 Å². The summed E-state index contributed by atoms with van der Waals surface area (Å²) in [5, 5.41) is 9.17. The van der Waals surface area contributed by atoms with Gasteiger partial charge < -0.3 is 16.2 Å². The zero-order valence-electron chi connectivity index (χ0n) is 9.90. The van der Waals surface area contributed by atoms with Gasteiger partial charge in [0.05, 0.1) is 5.57 Å². The highest BCUT2D eigenvalue weighted by Gasteiger charge is 2.31. The fourth-order valence-electron chi connectivity index (χ4n) is 2.20. The Kier molecular flexibility index (Phi) is 2.68. The van der Waals surface area contributed by atoms with Crippen LogP contribution in [0.2, 0.25) is 0 Å². The minimum absolute atomic E-state index is 0.0238. The van der Waals surface area contributed by atoms with Crippen LogP contribution in [0, 0.1) is 17.2 Å². The lowest BCUT2D eigenvalue weighted by Crippen LogP contribution is -2.23. The van der Waals surface area contributed by atoms with Crippen LogP contribution in [0.5, 0.6) is 5.75 Å². The Morgan fingerprint density at radius 3 is 2.65 bits per heavy atom. The van der Waals surface area contributed by atoms with Crippen LogP contribution in [-0.4, -0.2) is 0 Å². The topological polar surface area (TPSA) is 85.1 Å². The minimum Gasteiger partial charge on any atom is -0.440 e. The summed E-state index contributed by atoms with van der Waals surface area (Å²) in [5.41, 5.74) is 13.6. The van der Waals surface area contributed by atoms with Gasteiger partial charge in [0.25, 0.3) is 0 Å². The number of allylic oxidation sites excluding steroid dienone is 1. The molecule has 4 nitrogen and oxygen atoms in total. The van der Waals surface area contributed by atoms with E-state index in [0.717, 1.165) is 5.56 Å². The summed E-state index contributed by atoms with van der Waals surface area (Å²) in [6.45, 7) is 4.11. The molecular formula is C13H15N3O. The second-order valence-corrected chi connectivity index (χ2v) is 4.51. The minimum atomic E-state index is -0.0238. The van der Waals surface area contributed by atoms with Crippen molar-refractivity contribution in [2.24, 2.45) is 11.7 Å². The Labute approximate surface area is 100 Å². The maximum Gasteiger partial charge on any atom is 0.205 e. The van der Waals surface area contributed by atoms with Crippen molar-refractivity contribution in [3.8, 4) is 11.8 Å². The molecule has 0 saturated carbocycles. The lowest BCUT2D eigenvalue weighted by molar-refractivity contribution is 0.372. The molecule has 0 amide bonds. The first-order valence-corrected chi connectivity index (χ1v) is 5.51. The van der Waals surface area contributed by atoms with Gasteiger partial charge in [-0.15, -0.1) is 0 Å². The summed E-state index contributed by atoms with van der Waals surface area (Å²) in [5.74, 6) is 1.09. The number of fused-ring (bicyclic) bond motifs is 1. The van der Waals surface area contributed by atoms with Crippen LogP contribution in [0.15, 0.2) is 29.7 Å². The van der Waals surface area contributed by atoms with Gasteiger partial charge in [0.15, 0.2) is 0 Å². The number of nitrogens with zero attached hydrogens (tertiary/aromatic N) is 1. The van der Waals surface area contributed by atoms with E-state index in [1.807, 2.05) is 12.1 Å². The molecule has 0 aromatic heterocycles. The molecule has 4 N–H and O–H groups in total. The molecule has 0 fully saturated rings. The molecular weight excluding hydrogens is 214 g/mol. The van der Waals surface area contributed by atoms with Crippen LogP contribution in [0.3, 0.4) is 0 Å². The molecule has 0 spiro atoms. The van der Waals surface area contributed by atoms with Crippen LogP contribution in [0.1, 0.15) is 25.3 Å². The summed E-state index contributed by atoms with van der Waals surface area (Å²) >= 11 is 0. The molecule has 1 aliphatic rings. The third-order valence-electron chi connectivity index (χ3n) is 2.96. The quantitative estimate of drug-likeness (QED) is 0.722. The van der Waals surface area contributed by atoms with Crippen molar-refractivity contribution in [3.63, 3.8) is 0 Å². The van der Waals surface area contributed by atoms with E-state index < -0.39 is 0 Å². The molecule has 17 heavy (non-hydrogen) atoms. The van der Waals surface area contributed by atoms with Crippen LogP contribution in [0.25, 0.3) is 0 Å². The van der Waals surface area contributed by atoms with Crippen molar-refractivity contribution in [1.82, 2.24) is 0 Å². The summed E-state index contributed by atoms with van der Waals surface area (Å²) in [6.07, 6.45) is 0. The SMILES string of the molecule is CC(C)C1C(C#N)=C(N)Oc2cc(N)ccc21. The second kappa shape index (κ2) is 4.02. The average molecular weight is 229 g/mol. The van der Waals surface area contributed by atoms with Crippen molar-refractivity contribution in [3.05, 3.63) is 35.2 Å². The van der Waals surface area contributed by atoms with Gasteiger partial charge in [0.2, 0.25) is 5.88 Å². The summed E-state index contributed by atoms with van der Waals surface area (Å²) in [6, 6.07) is 7.60. The number of benzene rings is 1. The molecule has 1 atom stereocenters. The highest BCUT2D eigenvalue weighted by molar-refractivity contribution is 5.56. The van der Waals surface area contributed by atoms with Crippen LogP contribution in [0.4, 0.5) is 5.69 Å². The van der Waals surface area contributed by atoms with Gasteiger partial charge in [0, 0.05) is 23.2 Å². The maximum absolute atomic E-state index is 9.17. The molecule has 1 heterocycles. The Morgan fingerprint density at radius 1 is 1.35 bits per heavy atom. The van der Waals surface area contributed by atoms with Crippen LogP contribution in [-0.2, 0) is 0 Å². The van der Waals surface area contributed by atoms with Gasteiger partial charge in [0.1, 0.15) is 11.8 Å². The Morgan fingerprint density at radius 2 is 2.06 bits per heavy atom. The lowest BCUT2D eigenvalue weighted by Gasteiger charge is -2.28. The van der Waals surface area contributed by atoms with Crippen molar-refractivity contribution < 1.29 is 4.74 Å². The second-order valence-electron chi connectivity index (χ2n) is 4.51. The molecule has 2 rings (SSSR count). The van der Waals surface area contributed by atoms with E-state index in [0.29, 0.717) is 17.0 Å². The molecule has 1 aliphatic heterocycles. The number of hydrogen-bond donors (Lipinski definition) is 2. The predicted octanol–water partition coefficient (Wildman–Crippen LogP) is 2.09. The molecule has 0 saturated heterocycles. The van der Waals surface area contributed by atoms with Gasteiger partial charge in [-0.2, -0.15) is 5.26 Å². The fraction of sp³-hybridized carbons (Fsp3) is 0.308. The normalized spacial score (nSPS) is 18.6. The standard InChI is InChI=1S/C13H15N3O/c1-7(2)12-9-4-3-8(15)5-11(9)17-13(16)10(12)6-14/h3-5,7,12H,15-16H2,1-2H3. The van der Waals surface area contributed by atoms with Crippen LogP contribution >= 0.6 is 0 Å². The van der Waals surface area contributed by atoms with E-state index in [4.69, 9.17) is 21.5 Å². The number of hydrogen-bond acceptors (Lipinski definition) is 4. The molecule has 88 valence electrons. The summed E-state index contributed by atoms with van der Waals surface area (Å²) in [4.78, 5) is 0. The molecule has 1 aromatic carbocycles. The van der Waals surface area contributed by atoms with Crippen molar-refractivity contribution >= 4 is 5.69 Å². The van der Waals surface area contributed by atoms with Crippen molar-refractivity contribution in [2.75, 3.05) is 5.73 Å². The number of nitrogen functional groups attached to an aromatic ring is 1. The summed E-state index contributed by atoms with van der Waals surface area (Å²) < 4.78 is 5.45. The molecule has 0 aliphatic carbocycles. The molecule has 4 heteroatoms. The van der Waals surface area contributed by atoms with Gasteiger partial charge in [-0.1, -0.05) is 19.9 Å². The van der Waals surface area contributed by atoms with E-state index >= 15 is 0 Å². The van der Waals surface area contributed by atoms with E-state index in [1.165, 1.54) is 0 Å². The van der Waals surface area contributed by atoms with Gasteiger partial charge in [-0.05, 0) is 12.0 Å². The van der Waals surface area contributed by atoms with Gasteiger partial charge in [-0.25, -0.2) is 0 Å². The summed E-state index contributed by atoms with van der Waals surface area (Å²) in [7, 11) is 0. The smallest absolute Gasteiger partial charge is 0.205 e. The third-order valence-corrected chi connectivity index (χ3v) is 2.96. The zero-order chi connectivity index (χ0) is 12.6. The first-order chi connectivity index (χ1) is 8.04. The third kappa shape index (κ3) is 1.80. The molecule has 0 bridgehead atoms. The number of rotatable bonds is 1. The predicted molar refractivity (Wildman–Crippen MR) is 65.9 cm³/mol. The Balaban J connectivity index is 2.60. The highest BCUT2D eigenvalue weighted by Crippen LogP contribution is 2.42. The average Bonchev–Trinajstić information content (AvgIpc) is 2.26. The molecule has 1 aromatic rings. The first-order valence-electron chi connectivity index (χ1n) is 5.51. The number of anilines is 1. The number of nitrogens with two attached hydrogens (primary N) is 2. The monoisotopic (exact) mass is 229 g/mol. The van der Waals surface area contributed by atoms with E-state index in [2.05, 4.69) is 19.9 Å². The van der Waals surface area contributed by atoms with Gasteiger partial charge >= 0.3 is 0 Å². The lowest BCUT2D eigenvalue weighted by atomic mass is 9.81. The molecule has 1 unspecified atom stereocenters. The fourth-order valence-corrected chi connectivity index (χ4v) is 2.20. The van der Waals surface area contributed by atoms with E-state index in [-0.39, 0.29) is 17.7 Å². The Hall–Kier alpha value is -2.15. The van der Waals surface area contributed by atoms with E-state index in [1.54, 1.807) is 6.07 Å². The zero-order valence-corrected chi connectivity index (χ0v) is 9.90. The van der Waals surface area contributed by atoms with Crippen molar-refractivity contribution in [2.45, 2.75) is 19.8 Å². The highest BCUT2D eigenvalue weighted by atomic mass is 16.5. The van der Waals surface area contributed by atoms with Crippen LogP contribution < -0.4 is 16.2 Å². The number of ether oxygens (including phenoxy) is 1. The first kappa shape index (κ1) is 11.3. The van der Waals surface area contributed by atoms with E-state index in [9.17, 15) is 0 Å². The number of nitriles is 1. The van der Waals surface area contributed by atoms with Gasteiger partial charge in [-0.3, -0.25) is 0 Å². The molecule has 0 radical (unpaired) electrons. The Bertz CT molecular complexity index is 526. The maximum atomic E-state index is 9.17. The largest absolute Gasteiger partial charge is 0.440 e.